The molecule has 0 saturated carbocycles. The van der Waals surface area contributed by atoms with Crippen LogP contribution in [0.1, 0.15) is 23.4 Å². The van der Waals surface area contributed by atoms with Crippen LogP contribution in [0.15, 0.2) is 72.9 Å². The van der Waals surface area contributed by atoms with Crippen LogP contribution >= 0.6 is 0 Å². The van der Waals surface area contributed by atoms with Gasteiger partial charge in [-0.25, -0.2) is 14.4 Å². The van der Waals surface area contributed by atoms with Crippen LogP contribution in [0.3, 0.4) is 0 Å². The molecule has 1 N–H and O–H groups in total. The van der Waals surface area contributed by atoms with Crippen molar-refractivity contribution in [1.82, 2.24) is 19.9 Å². The fraction of sp³-hybridized carbons (Fsp3) is 0.286. The van der Waals surface area contributed by atoms with E-state index in [1.807, 2.05) is 30.5 Å². The molecule has 0 spiro atoms. The Bertz CT molecular complexity index is 1270. The molecule has 1 saturated heterocycles. The van der Waals surface area contributed by atoms with Gasteiger partial charge in [-0.3, -0.25) is 4.90 Å². The number of benzene rings is 2. The predicted octanol–water partition coefficient (Wildman–Crippen LogP) is 5.25. The number of hydrogen-bond acceptors (Lipinski definition) is 4. The first-order valence-electron chi connectivity index (χ1n) is 12.0. The minimum absolute atomic E-state index is 0.378. The van der Waals surface area contributed by atoms with Gasteiger partial charge in [-0.2, -0.15) is 0 Å². The lowest BCUT2D eigenvalue weighted by atomic mass is 10.00. The van der Waals surface area contributed by atoms with E-state index in [2.05, 4.69) is 57.2 Å². The molecule has 2 aliphatic heterocycles. The van der Waals surface area contributed by atoms with Crippen molar-refractivity contribution >= 4 is 5.82 Å². The van der Waals surface area contributed by atoms with Gasteiger partial charge in [-0.05, 0) is 29.2 Å². The second kappa shape index (κ2) is 9.03. The molecule has 4 heterocycles. The van der Waals surface area contributed by atoms with Crippen molar-refractivity contribution in [1.29, 1.82) is 0 Å². The van der Waals surface area contributed by atoms with Crippen LogP contribution in [0.2, 0.25) is 0 Å². The van der Waals surface area contributed by atoms with Gasteiger partial charge in [-0.15, -0.1) is 0 Å². The van der Waals surface area contributed by atoms with E-state index in [4.69, 9.17) is 9.97 Å². The van der Waals surface area contributed by atoms with E-state index in [0.29, 0.717) is 19.5 Å². The average molecular weight is 454 g/mol. The topological polar surface area (TPSA) is 48.1 Å². The number of aromatic amines is 1. The normalized spacial score (nSPS) is 18.3. The first-order chi connectivity index (χ1) is 16.7. The second-order valence-electron chi connectivity index (χ2n) is 9.21. The molecule has 0 bridgehead atoms. The van der Waals surface area contributed by atoms with Gasteiger partial charge in [0.15, 0.2) is 0 Å². The van der Waals surface area contributed by atoms with Crippen LogP contribution in [0, 0.1) is 0 Å². The summed E-state index contributed by atoms with van der Waals surface area (Å²) in [4.78, 5) is 17.9. The van der Waals surface area contributed by atoms with Crippen LogP contribution < -0.4 is 4.90 Å². The van der Waals surface area contributed by atoms with E-state index in [1.54, 1.807) is 0 Å². The third-order valence-corrected chi connectivity index (χ3v) is 6.84. The molecule has 1 fully saturated rings. The van der Waals surface area contributed by atoms with Crippen LogP contribution in [-0.2, 0) is 19.5 Å². The van der Waals surface area contributed by atoms with Crippen molar-refractivity contribution in [2.45, 2.75) is 32.1 Å². The highest BCUT2D eigenvalue weighted by Gasteiger charge is 2.29. The summed E-state index contributed by atoms with van der Waals surface area (Å²) >= 11 is 0. The molecule has 2 aliphatic rings. The molecule has 172 valence electrons. The van der Waals surface area contributed by atoms with Crippen molar-refractivity contribution in [3.63, 3.8) is 0 Å². The van der Waals surface area contributed by atoms with Gasteiger partial charge < -0.3 is 9.88 Å². The molecule has 6 heteroatoms. The number of halogens is 1. The summed E-state index contributed by atoms with van der Waals surface area (Å²) in [5.74, 6) is 1.64. The van der Waals surface area contributed by atoms with Gasteiger partial charge in [0.2, 0.25) is 0 Å². The minimum Gasteiger partial charge on any atom is -0.353 e. The van der Waals surface area contributed by atoms with Gasteiger partial charge in [-0.1, -0.05) is 60.7 Å². The summed E-state index contributed by atoms with van der Waals surface area (Å²) in [5, 5.41) is 0. The lowest BCUT2D eigenvalue weighted by Gasteiger charge is -2.25. The SMILES string of the molecule is F[C@H]1CCN(c2nccc(-c3ccccc3)c2-c2nc3c([nH]2)CN(Cc2ccccc2)CC3)C1. The molecule has 0 amide bonds. The van der Waals surface area contributed by atoms with Crippen LogP contribution in [0.4, 0.5) is 10.2 Å². The number of imidazole rings is 1. The van der Waals surface area contributed by atoms with Crippen LogP contribution in [-0.4, -0.2) is 45.7 Å². The van der Waals surface area contributed by atoms with Crippen molar-refractivity contribution in [2.24, 2.45) is 0 Å². The number of nitrogens with zero attached hydrogens (tertiary/aromatic N) is 4. The number of rotatable bonds is 5. The van der Waals surface area contributed by atoms with Crippen molar-refractivity contribution in [2.75, 3.05) is 24.5 Å². The van der Waals surface area contributed by atoms with Crippen LogP contribution in [0.25, 0.3) is 22.5 Å². The first-order valence-corrected chi connectivity index (χ1v) is 12.0. The molecule has 2 aromatic heterocycles. The second-order valence-corrected chi connectivity index (χ2v) is 9.21. The maximum Gasteiger partial charge on any atom is 0.142 e. The number of alkyl halides is 1. The van der Waals surface area contributed by atoms with Crippen LogP contribution in [0.5, 0.6) is 0 Å². The lowest BCUT2D eigenvalue weighted by molar-refractivity contribution is 0.241. The van der Waals surface area contributed by atoms with Crippen molar-refractivity contribution < 1.29 is 4.39 Å². The smallest absolute Gasteiger partial charge is 0.142 e. The van der Waals surface area contributed by atoms with E-state index in [0.717, 1.165) is 65.8 Å². The summed E-state index contributed by atoms with van der Waals surface area (Å²) in [5.41, 5.74) is 6.75. The van der Waals surface area contributed by atoms with Gasteiger partial charge in [0.1, 0.15) is 17.8 Å². The molecule has 0 radical (unpaired) electrons. The Morgan fingerprint density at radius 2 is 1.76 bits per heavy atom. The highest BCUT2D eigenvalue weighted by Crippen LogP contribution is 2.39. The molecule has 1 atom stereocenters. The highest BCUT2D eigenvalue weighted by atomic mass is 19.1. The Morgan fingerprint density at radius 3 is 2.53 bits per heavy atom. The number of H-pyrrole nitrogens is 1. The Morgan fingerprint density at radius 1 is 0.971 bits per heavy atom. The summed E-state index contributed by atoms with van der Waals surface area (Å²) in [6, 6.07) is 23.0. The molecule has 6 rings (SSSR count). The summed E-state index contributed by atoms with van der Waals surface area (Å²) in [6.07, 6.45) is 2.47. The molecular formula is C28H28FN5. The summed E-state index contributed by atoms with van der Waals surface area (Å²) in [7, 11) is 0. The van der Waals surface area contributed by atoms with E-state index >= 15 is 0 Å². The molecule has 5 nitrogen and oxygen atoms in total. The minimum atomic E-state index is -0.814. The van der Waals surface area contributed by atoms with Gasteiger partial charge in [0.05, 0.1) is 23.5 Å². The Hall–Kier alpha value is -3.51. The van der Waals surface area contributed by atoms with E-state index < -0.39 is 6.17 Å². The molecule has 4 aromatic rings. The van der Waals surface area contributed by atoms with Gasteiger partial charge in [0.25, 0.3) is 0 Å². The molecular weight excluding hydrogens is 425 g/mol. The van der Waals surface area contributed by atoms with Crippen molar-refractivity contribution in [3.8, 4) is 22.5 Å². The first kappa shape index (κ1) is 21.1. The highest BCUT2D eigenvalue weighted by molar-refractivity contribution is 5.88. The zero-order chi connectivity index (χ0) is 22.9. The number of aromatic nitrogens is 3. The monoisotopic (exact) mass is 453 g/mol. The predicted molar refractivity (Wildman–Crippen MR) is 133 cm³/mol. The van der Waals surface area contributed by atoms with Crippen molar-refractivity contribution in [3.05, 3.63) is 89.9 Å². The maximum atomic E-state index is 14.1. The molecule has 0 unspecified atom stereocenters. The molecule has 2 aromatic carbocycles. The number of hydrogen-bond donors (Lipinski definition) is 1. The average Bonchev–Trinajstić information content (AvgIpc) is 3.50. The molecule has 34 heavy (non-hydrogen) atoms. The molecule has 0 aliphatic carbocycles. The van der Waals surface area contributed by atoms with Gasteiger partial charge >= 0.3 is 0 Å². The number of pyridine rings is 1. The zero-order valence-corrected chi connectivity index (χ0v) is 19.1. The summed E-state index contributed by atoms with van der Waals surface area (Å²) in [6.45, 7) is 3.79. The fourth-order valence-corrected chi connectivity index (χ4v) is 5.14. The summed E-state index contributed by atoms with van der Waals surface area (Å²) < 4.78 is 14.1. The standard InChI is InChI=1S/C28H28FN5/c29-22-12-16-34(18-22)28-26(23(11-14-30-28)21-9-5-2-6-10-21)27-31-24-13-15-33(19-25(24)32-27)17-20-7-3-1-4-8-20/h1-11,14,22H,12-13,15-19H2,(H,31,32)/t22-/m0/s1. The number of fused-ring (bicyclic) bond motifs is 1. The quantitative estimate of drug-likeness (QED) is 0.449. The number of anilines is 1. The van der Waals surface area contributed by atoms with E-state index in [1.165, 1.54) is 5.56 Å². The van der Waals surface area contributed by atoms with E-state index in [-0.39, 0.29) is 0 Å². The Kier molecular flexibility index (Phi) is 5.59. The van der Waals surface area contributed by atoms with E-state index in [9.17, 15) is 4.39 Å². The Labute approximate surface area is 199 Å². The zero-order valence-electron chi connectivity index (χ0n) is 19.1. The fourth-order valence-electron chi connectivity index (χ4n) is 5.14. The number of nitrogens with one attached hydrogen (secondary N) is 1. The third kappa shape index (κ3) is 4.10. The lowest BCUT2D eigenvalue weighted by Crippen LogP contribution is -2.30. The maximum absolute atomic E-state index is 14.1. The largest absolute Gasteiger partial charge is 0.353 e. The van der Waals surface area contributed by atoms with Gasteiger partial charge in [0, 0.05) is 38.8 Å². The third-order valence-electron chi connectivity index (χ3n) is 6.84. The Balaban J connectivity index is 1.38.